The monoisotopic (exact) mass is 282 g/mol. The lowest BCUT2D eigenvalue weighted by atomic mass is 10.1. The Kier molecular flexibility index (Phi) is 5.06. The lowest BCUT2D eigenvalue weighted by molar-refractivity contribution is -0.131. The second-order valence-corrected chi connectivity index (χ2v) is 5.22. The minimum atomic E-state index is -0.840. The van der Waals surface area contributed by atoms with Gasteiger partial charge in [0.2, 0.25) is 5.91 Å². The summed E-state index contributed by atoms with van der Waals surface area (Å²) in [7, 11) is 0. The largest absolute Gasteiger partial charge is 0.338 e. The average molecular weight is 282 g/mol. The molecule has 2 N–H and O–H groups in total. The van der Waals surface area contributed by atoms with Gasteiger partial charge < -0.3 is 10.6 Å². The molecule has 1 atom stereocenters. The van der Waals surface area contributed by atoms with Crippen LogP contribution in [0.25, 0.3) is 0 Å². The van der Waals surface area contributed by atoms with Gasteiger partial charge in [-0.05, 0) is 43.4 Å². The number of rotatable bonds is 5. The quantitative estimate of drug-likeness (QED) is 0.900. The first-order chi connectivity index (χ1) is 9.61. The molecule has 1 unspecified atom stereocenters. The van der Waals surface area contributed by atoms with E-state index < -0.39 is 11.6 Å². The van der Waals surface area contributed by atoms with Crippen LogP contribution in [0, 0.1) is 11.6 Å². The Balaban J connectivity index is 1.80. The molecule has 20 heavy (non-hydrogen) atoms. The number of likely N-dealkylation sites (tertiary alicyclic amines) is 1. The van der Waals surface area contributed by atoms with Crippen LogP contribution in [0.15, 0.2) is 18.2 Å². The van der Waals surface area contributed by atoms with E-state index in [9.17, 15) is 13.6 Å². The summed E-state index contributed by atoms with van der Waals surface area (Å²) in [5.41, 5.74) is 6.36. The Morgan fingerprint density at radius 2 is 2.15 bits per heavy atom. The summed E-state index contributed by atoms with van der Waals surface area (Å²) in [5.74, 6) is -1.57. The van der Waals surface area contributed by atoms with E-state index in [0.29, 0.717) is 31.4 Å². The Morgan fingerprint density at radius 1 is 1.35 bits per heavy atom. The van der Waals surface area contributed by atoms with Crippen molar-refractivity contribution in [2.45, 2.75) is 38.1 Å². The van der Waals surface area contributed by atoms with Gasteiger partial charge in [0.25, 0.3) is 0 Å². The van der Waals surface area contributed by atoms with E-state index in [1.165, 1.54) is 6.07 Å². The summed E-state index contributed by atoms with van der Waals surface area (Å²) in [6.45, 7) is 1.29. The molecule has 1 heterocycles. The van der Waals surface area contributed by atoms with E-state index in [4.69, 9.17) is 5.73 Å². The first-order valence-electron chi connectivity index (χ1n) is 7.05. The molecule has 0 spiro atoms. The smallest absolute Gasteiger partial charge is 0.222 e. The highest BCUT2D eigenvalue weighted by atomic mass is 19.2. The number of nitrogens with two attached hydrogens (primary N) is 1. The molecule has 110 valence electrons. The van der Waals surface area contributed by atoms with Crippen molar-refractivity contribution >= 4 is 5.91 Å². The van der Waals surface area contributed by atoms with Gasteiger partial charge in [-0.25, -0.2) is 8.78 Å². The van der Waals surface area contributed by atoms with E-state index in [1.807, 2.05) is 4.90 Å². The van der Waals surface area contributed by atoms with Crippen LogP contribution in [-0.4, -0.2) is 29.9 Å². The SMILES string of the molecule is NCC1CCCN1C(=O)CCCc1ccc(F)c(F)c1. The van der Waals surface area contributed by atoms with Crippen molar-refractivity contribution in [3.8, 4) is 0 Å². The minimum absolute atomic E-state index is 0.112. The van der Waals surface area contributed by atoms with Crippen LogP contribution >= 0.6 is 0 Å². The predicted molar refractivity (Wildman–Crippen MR) is 73.1 cm³/mol. The number of carbonyl (C=O) groups is 1. The number of hydrogen-bond donors (Lipinski definition) is 1. The molecule has 1 amide bonds. The van der Waals surface area contributed by atoms with Crippen LogP contribution in [0.2, 0.25) is 0 Å². The normalized spacial score (nSPS) is 18.6. The highest BCUT2D eigenvalue weighted by molar-refractivity contribution is 5.76. The van der Waals surface area contributed by atoms with Crippen molar-refractivity contribution in [1.29, 1.82) is 0 Å². The van der Waals surface area contributed by atoms with Crippen molar-refractivity contribution in [1.82, 2.24) is 4.90 Å². The van der Waals surface area contributed by atoms with E-state index in [0.717, 1.165) is 25.5 Å². The maximum Gasteiger partial charge on any atom is 0.222 e. The van der Waals surface area contributed by atoms with Crippen molar-refractivity contribution in [3.63, 3.8) is 0 Å². The Morgan fingerprint density at radius 3 is 2.85 bits per heavy atom. The summed E-state index contributed by atoms with van der Waals surface area (Å²) < 4.78 is 25.8. The summed E-state index contributed by atoms with van der Waals surface area (Å²) >= 11 is 0. The molecule has 1 aliphatic rings. The van der Waals surface area contributed by atoms with Crippen LogP contribution < -0.4 is 5.73 Å². The topological polar surface area (TPSA) is 46.3 Å². The lowest BCUT2D eigenvalue weighted by Crippen LogP contribution is -2.39. The molecule has 1 aromatic rings. The fourth-order valence-electron chi connectivity index (χ4n) is 2.69. The number of benzene rings is 1. The maximum atomic E-state index is 13.0. The van der Waals surface area contributed by atoms with Gasteiger partial charge in [-0.15, -0.1) is 0 Å². The molecule has 3 nitrogen and oxygen atoms in total. The van der Waals surface area contributed by atoms with Crippen LogP contribution in [0.5, 0.6) is 0 Å². The maximum absolute atomic E-state index is 13.0. The Bertz CT molecular complexity index is 479. The van der Waals surface area contributed by atoms with Gasteiger partial charge in [-0.1, -0.05) is 6.07 Å². The molecule has 0 radical (unpaired) electrons. The zero-order valence-corrected chi connectivity index (χ0v) is 11.4. The summed E-state index contributed by atoms with van der Waals surface area (Å²) in [6.07, 6.45) is 3.62. The number of carbonyl (C=O) groups excluding carboxylic acids is 1. The third-order valence-electron chi connectivity index (χ3n) is 3.81. The van der Waals surface area contributed by atoms with Crippen molar-refractivity contribution in [2.24, 2.45) is 5.73 Å². The molecular formula is C15H20F2N2O. The average Bonchev–Trinajstić information content (AvgIpc) is 2.91. The fourth-order valence-corrected chi connectivity index (χ4v) is 2.69. The molecule has 1 saturated heterocycles. The second-order valence-electron chi connectivity index (χ2n) is 5.22. The molecular weight excluding hydrogens is 262 g/mol. The molecule has 0 aliphatic carbocycles. The number of amides is 1. The van der Waals surface area contributed by atoms with E-state index in [-0.39, 0.29) is 11.9 Å². The van der Waals surface area contributed by atoms with Gasteiger partial charge >= 0.3 is 0 Å². The van der Waals surface area contributed by atoms with Gasteiger partial charge in [0.05, 0.1) is 0 Å². The van der Waals surface area contributed by atoms with E-state index in [1.54, 1.807) is 6.07 Å². The van der Waals surface area contributed by atoms with Gasteiger partial charge in [-0.3, -0.25) is 4.79 Å². The molecule has 1 fully saturated rings. The van der Waals surface area contributed by atoms with E-state index >= 15 is 0 Å². The van der Waals surface area contributed by atoms with Gasteiger partial charge in [-0.2, -0.15) is 0 Å². The molecule has 2 rings (SSSR count). The highest BCUT2D eigenvalue weighted by Crippen LogP contribution is 2.18. The second kappa shape index (κ2) is 6.79. The summed E-state index contributed by atoms with van der Waals surface area (Å²) in [6, 6.07) is 4.04. The summed E-state index contributed by atoms with van der Waals surface area (Å²) in [4.78, 5) is 13.9. The first-order valence-corrected chi connectivity index (χ1v) is 7.05. The van der Waals surface area contributed by atoms with E-state index in [2.05, 4.69) is 0 Å². The molecule has 0 saturated carbocycles. The number of halogens is 2. The van der Waals surface area contributed by atoms with Crippen LogP contribution in [0.3, 0.4) is 0 Å². The molecule has 0 bridgehead atoms. The summed E-state index contributed by atoms with van der Waals surface area (Å²) in [5, 5.41) is 0. The van der Waals surface area contributed by atoms with Crippen LogP contribution in [0.1, 0.15) is 31.2 Å². The van der Waals surface area contributed by atoms with Gasteiger partial charge in [0.1, 0.15) is 0 Å². The van der Waals surface area contributed by atoms with Gasteiger partial charge in [0, 0.05) is 25.6 Å². The molecule has 0 aromatic heterocycles. The number of hydrogen-bond acceptors (Lipinski definition) is 2. The lowest BCUT2D eigenvalue weighted by Gasteiger charge is -2.23. The van der Waals surface area contributed by atoms with Crippen molar-refractivity contribution in [3.05, 3.63) is 35.4 Å². The zero-order chi connectivity index (χ0) is 14.5. The standard InChI is InChI=1S/C15H20F2N2O/c16-13-7-6-11(9-14(13)17)3-1-5-15(20)19-8-2-4-12(19)10-18/h6-7,9,12H,1-5,8,10,18H2. The Labute approximate surface area is 117 Å². The fraction of sp³-hybridized carbons (Fsp3) is 0.533. The van der Waals surface area contributed by atoms with Crippen LogP contribution in [-0.2, 0) is 11.2 Å². The predicted octanol–water partition coefficient (Wildman–Crippen LogP) is 2.24. The highest BCUT2D eigenvalue weighted by Gasteiger charge is 2.26. The molecule has 1 aromatic carbocycles. The third kappa shape index (κ3) is 3.54. The van der Waals surface area contributed by atoms with Crippen LogP contribution in [0.4, 0.5) is 8.78 Å². The Hall–Kier alpha value is -1.49. The zero-order valence-electron chi connectivity index (χ0n) is 11.4. The number of aryl methyl sites for hydroxylation is 1. The number of nitrogens with zero attached hydrogens (tertiary/aromatic N) is 1. The molecule has 5 heteroatoms. The first kappa shape index (κ1) is 14.9. The van der Waals surface area contributed by atoms with Crippen molar-refractivity contribution < 1.29 is 13.6 Å². The third-order valence-corrected chi connectivity index (χ3v) is 3.81. The molecule has 1 aliphatic heterocycles. The van der Waals surface area contributed by atoms with Gasteiger partial charge in [0.15, 0.2) is 11.6 Å². The van der Waals surface area contributed by atoms with Crippen molar-refractivity contribution in [2.75, 3.05) is 13.1 Å². The minimum Gasteiger partial charge on any atom is -0.338 e.